The molecule has 12 nitrogen and oxygen atoms in total. The van der Waals surface area contributed by atoms with Crippen LogP contribution in [0.15, 0.2) is 83.6 Å². The second-order valence-electron chi connectivity index (χ2n) is 52.8. The molecule has 0 bridgehead atoms. The van der Waals surface area contributed by atoms with Crippen LogP contribution in [-0.4, -0.2) is 115 Å². The minimum Gasteiger partial charge on any atom is -1.00 e. The molecule has 0 aromatic carbocycles. The molecular formula is C135H235Br2MgN4O8+. The number of nitrogens with one attached hydrogen (secondary N) is 3. The van der Waals surface area contributed by atoms with Gasteiger partial charge in [0.15, 0.2) is 0 Å². The molecule has 15 heteroatoms. The number of ketones is 1. The first-order valence-corrected chi connectivity index (χ1v) is 66.1. The second kappa shape index (κ2) is 72.2. The van der Waals surface area contributed by atoms with Crippen molar-refractivity contribution in [3.63, 3.8) is 0 Å². The van der Waals surface area contributed by atoms with Crippen LogP contribution >= 0.6 is 31.9 Å². The van der Waals surface area contributed by atoms with E-state index >= 15 is 0 Å². The second-order valence-corrected chi connectivity index (χ2v) is 54.4. The number of alkyl carbamates (subject to hydrolysis) is 3. The first kappa shape index (κ1) is 134. The third-order valence-corrected chi connectivity index (χ3v) is 42.3. The fraction of sp³-hybridized carbons (Fsp3) is 0.859. The fourth-order valence-electron chi connectivity index (χ4n) is 32.6. The molecule has 0 aromatic rings. The van der Waals surface area contributed by atoms with E-state index in [0.29, 0.717) is 78.3 Å². The number of hydrogen-bond donors (Lipinski definition) is 3. The summed E-state index contributed by atoms with van der Waals surface area (Å²) < 4.78 is 22.5. The van der Waals surface area contributed by atoms with Gasteiger partial charge < -0.3 is 42.6 Å². The zero-order chi connectivity index (χ0) is 108. The zero-order valence-electron chi connectivity index (χ0n) is 104. The number of fused-ring (bicyclic) bond motifs is 15. The maximum absolute atomic E-state index is 12.8. The Labute approximate surface area is 962 Å². The van der Waals surface area contributed by atoms with Crippen LogP contribution in [0.2, 0.25) is 0 Å². The molecule has 9 fully saturated rings. The van der Waals surface area contributed by atoms with Crippen molar-refractivity contribution < 1.29 is 42.4 Å². The van der Waals surface area contributed by atoms with Crippen molar-refractivity contribution in [2.24, 2.45) is 139 Å². The molecule has 0 saturated heterocycles. The predicted octanol–water partition coefficient (Wildman–Crippen LogP) is 40.2. The summed E-state index contributed by atoms with van der Waals surface area (Å²) in [5, 5.41) is 10.6. The van der Waals surface area contributed by atoms with E-state index in [-0.39, 0.29) is 69.3 Å². The summed E-state index contributed by atoms with van der Waals surface area (Å²) >= 11 is 6.83. The molecule has 9 unspecified atom stereocenters. The van der Waals surface area contributed by atoms with Gasteiger partial charge in [0.05, 0.1) is 0 Å². The molecular weight excluding hydrogens is 1990 g/mol. The molecule has 9 saturated carbocycles. The molecule has 12 aliphatic carbocycles. The SMILES string of the molecule is CC(C)CCC[C@@H](C)[C@H]1CCC2C3CC=C4C[C@@H](OC(=O)NCCCBr)CC[C@]4(C)C3CC[C@@]21C.CC(C)CCC[C@@H](C)[C@H]1CCC2C3CC=C4C[C@@H](OC(=O)NCCCBr)CC[C@]4(C)C3CC[C@@]21C.CCCCC/C=C\C/C=C\CCCCCCCCC(=O)CCCNC(=O)O[C@H]1CC[C@@]2(C)C(=CCC3C2CC[C@@]2(C)C3CC[C@@H]2[C@H](C)CCCC(C)C)C1.CCOCC.[C-]#[N+]CCCCCCCC/C=C\C/C=C\CCCCC.[H+].[H-].[H-].[Mg+2]. The molecule has 0 aromatic heterocycles. The summed E-state index contributed by atoms with van der Waals surface area (Å²) in [6.45, 7) is 57.1. The Kier molecular flexibility index (Phi) is 64.4. The normalized spacial score (nSPS) is 30.9. The van der Waals surface area contributed by atoms with Crippen LogP contribution in [0.3, 0.4) is 0 Å². The van der Waals surface area contributed by atoms with Gasteiger partial charge in [0.2, 0.25) is 6.54 Å². The third kappa shape index (κ3) is 42.1. The van der Waals surface area contributed by atoms with Crippen LogP contribution in [-0.2, 0) is 23.7 Å². The average molecular weight is 2230 g/mol. The summed E-state index contributed by atoms with van der Waals surface area (Å²) in [6.07, 6.45) is 102. The minimum absolute atomic E-state index is 0. The molecule has 12 rings (SSSR count). The topological polar surface area (TPSA) is 146 Å². The number of halogens is 2. The fourth-order valence-corrected chi connectivity index (χ4v) is 33.2. The van der Waals surface area contributed by atoms with Crippen LogP contribution < -0.4 is 16.0 Å². The Morgan fingerprint density at radius 2 is 0.673 bits per heavy atom. The molecule has 0 heterocycles. The van der Waals surface area contributed by atoms with E-state index in [1.807, 2.05) is 13.8 Å². The molecule has 24 atom stereocenters. The predicted molar refractivity (Wildman–Crippen MR) is 651 cm³/mol. The van der Waals surface area contributed by atoms with E-state index in [1.165, 1.54) is 289 Å². The van der Waals surface area contributed by atoms with Crippen molar-refractivity contribution in [1.29, 1.82) is 0 Å². The summed E-state index contributed by atoms with van der Waals surface area (Å²) in [6, 6.07) is 0. The molecule has 0 spiro atoms. The smallest absolute Gasteiger partial charge is 1.00 e. The zero-order valence-corrected chi connectivity index (χ0v) is 105. The van der Waals surface area contributed by atoms with Gasteiger partial charge in [-0.3, -0.25) is 4.79 Å². The van der Waals surface area contributed by atoms with Gasteiger partial charge in [0, 0.05) is 82.0 Å². The van der Waals surface area contributed by atoms with Crippen LogP contribution in [0, 0.1) is 146 Å². The van der Waals surface area contributed by atoms with Crippen molar-refractivity contribution >= 4 is 79.0 Å². The maximum Gasteiger partial charge on any atom is 2.00 e. The molecule has 0 radical (unpaired) electrons. The number of amides is 3. The Bertz CT molecular complexity index is 3910. The number of nitrogens with zero attached hydrogens (tertiary/aromatic N) is 1. The van der Waals surface area contributed by atoms with E-state index in [0.717, 1.165) is 220 Å². The first-order valence-electron chi connectivity index (χ1n) is 63.8. The molecule has 3 amide bonds. The largest absolute Gasteiger partial charge is 2.00 e. The van der Waals surface area contributed by atoms with E-state index in [2.05, 4.69) is 237 Å². The van der Waals surface area contributed by atoms with Crippen LogP contribution in [0.25, 0.3) is 4.85 Å². The van der Waals surface area contributed by atoms with E-state index < -0.39 is 0 Å². The van der Waals surface area contributed by atoms with E-state index in [4.69, 9.17) is 25.5 Å². The van der Waals surface area contributed by atoms with Crippen molar-refractivity contribution in [1.82, 2.24) is 16.0 Å². The summed E-state index contributed by atoms with van der Waals surface area (Å²) in [5.41, 5.74) is 7.29. The number of Topliss-reactive ketones (excluding diaryl/α,β-unsaturated/α-hetero) is 1. The Hall–Kier alpha value is -3.16. The number of rotatable bonds is 59. The summed E-state index contributed by atoms with van der Waals surface area (Å²) in [7, 11) is 0. The maximum atomic E-state index is 12.8. The van der Waals surface area contributed by atoms with E-state index in [1.54, 1.807) is 16.7 Å². The van der Waals surface area contributed by atoms with Gasteiger partial charge in [-0.25, -0.2) is 21.0 Å². The molecule has 150 heavy (non-hydrogen) atoms. The number of hydrogen-bond acceptors (Lipinski definition) is 8. The standard InChI is InChI=1S/C50H85NO3.2C31H52BrNO2.C19H33N.C4H10O.Mg.2H/c1-7-8-9-10-11-12-13-14-15-16-17-18-19-20-21-22-27-42(52)28-24-37-51-48(53)54-43-33-35-49(5)41(38-43)29-30-44-46-32-31-45(40(4)26-23-25-39(2)3)50(46,6)36-34-47(44)49;2*1-21(2)8-6-9-22(3)26-12-13-27-25-11-10-23-20-24(35-29(34)33-19-7-18-32)14-16-30(23,4)28(25)15-17-31(26,27)5;1-3-4-5-6-7-8-9-10-11-12-13-14-15-16-17-18-19-20-2;1-3-5-4-2;;;/h11-12,14-15,29,39-40,43-47H,7-10,13,16-28,30-38H2,1-6H3,(H,51,53);2*10,21-22,24-28H,6-9,11-20H2,1-5H3,(H,33,34);7-8,10-11H,3-6,9,12-19H2,1H3;3-4H2,1-2H3;;;/q;;;;;+2;2*-1/p+1/b12-11-,15-14-;;;8-7-,11-10-;;;;/t40-,43+,44?,45-,46?,47?,49+,50-;2*22-,24+,25?,26-,27?,28?,30+,31-;;;;;/m111...../s1. The van der Waals surface area contributed by atoms with Crippen LogP contribution in [0.4, 0.5) is 14.4 Å². The van der Waals surface area contributed by atoms with Crippen molar-refractivity contribution in [2.45, 2.75) is 548 Å². The summed E-state index contributed by atoms with van der Waals surface area (Å²) in [4.78, 5) is 53.0. The van der Waals surface area contributed by atoms with Gasteiger partial charge in [-0.05, 0) is 384 Å². The number of carbonyl (C=O) groups is 4. The molecule has 0 aliphatic heterocycles. The average Bonchev–Trinajstić information content (AvgIpc) is 1.64. The monoisotopic (exact) mass is 2220 g/mol. The Morgan fingerprint density at radius 3 is 0.973 bits per heavy atom. The van der Waals surface area contributed by atoms with Gasteiger partial charge in [-0.15, -0.1) is 0 Å². The Balaban J connectivity index is 0.000000434. The Morgan fingerprint density at radius 1 is 0.373 bits per heavy atom. The number of ether oxygens (including phenoxy) is 4. The van der Waals surface area contributed by atoms with Gasteiger partial charge in [0.1, 0.15) is 24.1 Å². The molecule has 3 N–H and O–H groups in total. The van der Waals surface area contributed by atoms with Crippen LogP contribution in [0.5, 0.6) is 0 Å². The van der Waals surface area contributed by atoms with Gasteiger partial charge in [-0.2, -0.15) is 0 Å². The number of carbonyl (C=O) groups excluding carboxylic acids is 4. The van der Waals surface area contributed by atoms with Crippen molar-refractivity contribution in [3.8, 4) is 0 Å². The van der Waals surface area contributed by atoms with Crippen molar-refractivity contribution in [2.75, 3.05) is 50.1 Å². The number of allylic oxidation sites excluding steroid dienone is 11. The summed E-state index contributed by atoms with van der Waals surface area (Å²) in [5.74, 6) is 15.8. The molecule has 858 valence electrons. The van der Waals surface area contributed by atoms with E-state index in [9.17, 15) is 19.2 Å². The molecule has 12 aliphatic rings. The number of alkyl halides is 2. The van der Waals surface area contributed by atoms with Gasteiger partial charge in [0.25, 0.3) is 0 Å². The quantitative estimate of drug-likeness (QED) is 0.0136. The number of unbranched alkanes of at least 4 members (excludes halogenated alkanes) is 18. The minimum atomic E-state index is -0.302. The van der Waals surface area contributed by atoms with Gasteiger partial charge in [-0.1, -0.05) is 362 Å². The van der Waals surface area contributed by atoms with Gasteiger partial charge >= 0.3 is 42.8 Å². The third-order valence-electron chi connectivity index (χ3n) is 41.2. The van der Waals surface area contributed by atoms with Crippen LogP contribution in [0.1, 0.15) is 534 Å². The van der Waals surface area contributed by atoms with Crippen molar-refractivity contribution in [3.05, 3.63) is 95.0 Å². The first-order chi connectivity index (χ1) is 71.8.